The molecule has 3 nitrogen and oxygen atoms in total. The fourth-order valence-corrected chi connectivity index (χ4v) is 3.16. The molecule has 2 aromatic heterocycles. The summed E-state index contributed by atoms with van der Waals surface area (Å²) in [5.41, 5.74) is 4.73. The molecule has 0 fully saturated rings. The molecule has 0 radical (unpaired) electrons. The third-order valence-corrected chi connectivity index (χ3v) is 4.77. The van der Waals surface area contributed by atoms with Crippen LogP contribution in [0, 0.1) is 12.7 Å². The lowest BCUT2D eigenvalue weighted by Gasteiger charge is -2.10. The number of rotatable bonds is 4. The van der Waals surface area contributed by atoms with E-state index in [9.17, 15) is 4.39 Å². The van der Waals surface area contributed by atoms with Gasteiger partial charge in [0.25, 0.3) is 0 Å². The standard InChI is InChI=1S/C22H17ClFN3/c1-15-2-5-19(24)12-17(15)13-22-26-21(16-8-10-25-11-9-16)14-27(22)20-6-3-18(23)4-7-20/h2-12,14H,13H2,1H3. The first-order valence-corrected chi connectivity index (χ1v) is 8.97. The first kappa shape index (κ1) is 17.4. The van der Waals surface area contributed by atoms with Gasteiger partial charge >= 0.3 is 0 Å². The Labute approximate surface area is 162 Å². The van der Waals surface area contributed by atoms with Gasteiger partial charge in [0, 0.05) is 41.3 Å². The van der Waals surface area contributed by atoms with Crippen LogP contribution in [-0.2, 0) is 6.42 Å². The van der Waals surface area contributed by atoms with Crippen molar-refractivity contribution in [1.82, 2.24) is 14.5 Å². The maximum Gasteiger partial charge on any atom is 0.123 e. The summed E-state index contributed by atoms with van der Waals surface area (Å²) in [6.45, 7) is 1.98. The maximum atomic E-state index is 13.7. The van der Waals surface area contributed by atoms with Crippen molar-refractivity contribution < 1.29 is 4.39 Å². The number of hydrogen-bond acceptors (Lipinski definition) is 2. The van der Waals surface area contributed by atoms with Gasteiger partial charge in [-0.3, -0.25) is 4.98 Å². The SMILES string of the molecule is Cc1ccc(F)cc1Cc1nc(-c2ccncc2)cn1-c1ccc(Cl)cc1. The fourth-order valence-electron chi connectivity index (χ4n) is 3.03. The van der Waals surface area contributed by atoms with Crippen molar-refractivity contribution in [2.45, 2.75) is 13.3 Å². The molecule has 134 valence electrons. The number of hydrogen-bond donors (Lipinski definition) is 0. The number of aromatic nitrogens is 3. The van der Waals surface area contributed by atoms with E-state index in [2.05, 4.69) is 4.98 Å². The van der Waals surface area contributed by atoms with Gasteiger partial charge in [0.05, 0.1) is 5.69 Å². The second-order valence-electron chi connectivity index (χ2n) is 6.37. The maximum absolute atomic E-state index is 13.7. The molecule has 4 aromatic rings. The predicted molar refractivity (Wildman–Crippen MR) is 106 cm³/mol. The number of pyridine rings is 1. The highest BCUT2D eigenvalue weighted by Gasteiger charge is 2.13. The zero-order chi connectivity index (χ0) is 18.8. The largest absolute Gasteiger partial charge is 0.303 e. The van der Waals surface area contributed by atoms with E-state index in [0.29, 0.717) is 11.4 Å². The number of halogens is 2. The minimum atomic E-state index is -0.241. The van der Waals surface area contributed by atoms with Crippen molar-refractivity contribution in [2.75, 3.05) is 0 Å². The molecule has 2 aromatic carbocycles. The molecule has 0 aliphatic carbocycles. The Bertz CT molecular complexity index is 1070. The van der Waals surface area contributed by atoms with Gasteiger partial charge in [0.15, 0.2) is 0 Å². The fraction of sp³-hybridized carbons (Fsp3) is 0.0909. The van der Waals surface area contributed by atoms with Crippen molar-refractivity contribution >= 4 is 11.6 Å². The Morgan fingerprint density at radius 3 is 2.48 bits per heavy atom. The summed E-state index contributed by atoms with van der Waals surface area (Å²) in [4.78, 5) is 8.89. The summed E-state index contributed by atoms with van der Waals surface area (Å²) in [7, 11) is 0. The van der Waals surface area contributed by atoms with Crippen LogP contribution in [0.3, 0.4) is 0 Å². The van der Waals surface area contributed by atoms with Gasteiger partial charge in [-0.15, -0.1) is 0 Å². The van der Waals surface area contributed by atoms with Crippen LogP contribution in [0.5, 0.6) is 0 Å². The summed E-state index contributed by atoms with van der Waals surface area (Å²) in [6, 6.07) is 16.3. The molecule has 0 bridgehead atoms. The van der Waals surface area contributed by atoms with Gasteiger partial charge in [-0.25, -0.2) is 9.37 Å². The normalized spacial score (nSPS) is 10.9. The lowest BCUT2D eigenvalue weighted by atomic mass is 10.1. The van der Waals surface area contributed by atoms with Crippen LogP contribution >= 0.6 is 11.6 Å². The van der Waals surface area contributed by atoms with Crippen LogP contribution in [-0.4, -0.2) is 14.5 Å². The minimum absolute atomic E-state index is 0.241. The molecule has 4 rings (SSSR count). The Balaban J connectivity index is 1.82. The van der Waals surface area contributed by atoms with Crippen LogP contribution in [0.2, 0.25) is 5.02 Å². The van der Waals surface area contributed by atoms with E-state index in [4.69, 9.17) is 16.6 Å². The average molecular weight is 378 g/mol. The Morgan fingerprint density at radius 2 is 1.74 bits per heavy atom. The van der Waals surface area contributed by atoms with Crippen LogP contribution < -0.4 is 0 Å². The highest BCUT2D eigenvalue weighted by atomic mass is 35.5. The quantitative estimate of drug-likeness (QED) is 0.461. The first-order chi connectivity index (χ1) is 13.1. The third-order valence-electron chi connectivity index (χ3n) is 4.52. The smallest absolute Gasteiger partial charge is 0.123 e. The van der Waals surface area contributed by atoms with Crippen molar-refractivity contribution in [3.05, 3.63) is 101 Å². The molecule has 0 atom stereocenters. The Kier molecular flexibility index (Phi) is 4.73. The molecule has 0 saturated carbocycles. The molecule has 2 heterocycles. The van der Waals surface area contributed by atoms with E-state index < -0.39 is 0 Å². The van der Waals surface area contributed by atoms with Crippen LogP contribution in [0.4, 0.5) is 4.39 Å². The summed E-state index contributed by atoms with van der Waals surface area (Å²) >= 11 is 6.03. The second kappa shape index (κ2) is 7.33. The van der Waals surface area contributed by atoms with Crippen molar-refractivity contribution in [3.63, 3.8) is 0 Å². The van der Waals surface area contributed by atoms with Gasteiger partial charge in [0.2, 0.25) is 0 Å². The lowest BCUT2D eigenvalue weighted by Crippen LogP contribution is -2.03. The molecule has 0 aliphatic heterocycles. The molecule has 0 N–H and O–H groups in total. The number of benzene rings is 2. The minimum Gasteiger partial charge on any atom is -0.303 e. The molecule has 0 amide bonds. The lowest BCUT2D eigenvalue weighted by molar-refractivity contribution is 0.625. The van der Waals surface area contributed by atoms with Crippen LogP contribution in [0.25, 0.3) is 16.9 Å². The monoisotopic (exact) mass is 377 g/mol. The highest BCUT2D eigenvalue weighted by molar-refractivity contribution is 6.30. The van der Waals surface area contributed by atoms with Gasteiger partial charge in [0.1, 0.15) is 11.6 Å². The molecule has 0 unspecified atom stereocenters. The topological polar surface area (TPSA) is 30.7 Å². The van der Waals surface area contributed by atoms with E-state index in [0.717, 1.165) is 33.9 Å². The van der Waals surface area contributed by atoms with Crippen molar-refractivity contribution in [3.8, 4) is 16.9 Å². The summed E-state index contributed by atoms with van der Waals surface area (Å²) < 4.78 is 15.8. The second-order valence-corrected chi connectivity index (χ2v) is 6.81. The number of imidazole rings is 1. The molecule has 0 saturated heterocycles. The Hall–Kier alpha value is -2.98. The van der Waals surface area contributed by atoms with Crippen molar-refractivity contribution in [2.24, 2.45) is 0 Å². The molecule has 27 heavy (non-hydrogen) atoms. The highest BCUT2D eigenvalue weighted by Crippen LogP contribution is 2.24. The van der Waals surface area contributed by atoms with Gasteiger partial charge in [-0.05, 0) is 66.6 Å². The summed E-state index contributed by atoms with van der Waals surface area (Å²) in [5.74, 6) is 0.590. The molecule has 5 heteroatoms. The van der Waals surface area contributed by atoms with E-state index in [1.54, 1.807) is 24.5 Å². The zero-order valence-corrected chi connectivity index (χ0v) is 15.5. The van der Waals surface area contributed by atoms with E-state index in [-0.39, 0.29) is 5.82 Å². The average Bonchev–Trinajstić information content (AvgIpc) is 3.10. The third kappa shape index (κ3) is 3.76. The van der Waals surface area contributed by atoms with Gasteiger partial charge in [-0.1, -0.05) is 17.7 Å². The van der Waals surface area contributed by atoms with E-state index in [1.165, 1.54) is 6.07 Å². The Morgan fingerprint density at radius 1 is 1.00 bits per heavy atom. The first-order valence-electron chi connectivity index (χ1n) is 8.60. The van der Waals surface area contributed by atoms with E-state index >= 15 is 0 Å². The molecule has 0 aliphatic rings. The van der Waals surface area contributed by atoms with Gasteiger partial charge in [-0.2, -0.15) is 0 Å². The van der Waals surface area contributed by atoms with Crippen LogP contribution in [0.1, 0.15) is 17.0 Å². The number of nitrogens with zero attached hydrogens (tertiary/aromatic N) is 3. The van der Waals surface area contributed by atoms with Crippen LogP contribution in [0.15, 0.2) is 73.2 Å². The molecule has 0 spiro atoms. The summed E-state index contributed by atoms with van der Waals surface area (Å²) in [5, 5.41) is 0.677. The predicted octanol–water partition coefficient (Wildman–Crippen LogP) is 5.63. The number of aryl methyl sites for hydroxylation is 1. The molecular weight excluding hydrogens is 361 g/mol. The zero-order valence-electron chi connectivity index (χ0n) is 14.7. The molecular formula is C22H17ClFN3. The summed E-state index contributed by atoms with van der Waals surface area (Å²) in [6.07, 6.45) is 6.00. The van der Waals surface area contributed by atoms with Crippen molar-refractivity contribution in [1.29, 1.82) is 0 Å². The van der Waals surface area contributed by atoms with Gasteiger partial charge < -0.3 is 4.57 Å². The van der Waals surface area contributed by atoms with E-state index in [1.807, 2.05) is 54.1 Å².